The lowest BCUT2D eigenvalue weighted by Crippen LogP contribution is -2.07. The second-order valence-corrected chi connectivity index (χ2v) is 5.95. The van der Waals surface area contributed by atoms with Gasteiger partial charge in [-0.2, -0.15) is 18.2 Å². The zero-order chi connectivity index (χ0) is 19.4. The van der Waals surface area contributed by atoms with E-state index in [1.807, 2.05) is 6.92 Å². The zero-order valence-corrected chi connectivity index (χ0v) is 14.9. The van der Waals surface area contributed by atoms with Gasteiger partial charge >= 0.3 is 6.18 Å². The number of nitrogens with one attached hydrogen (secondary N) is 2. The Morgan fingerprint density at radius 3 is 2.41 bits per heavy atom. The number of hydrogen-bond acceptors (Lipinski definition) is 5. The van der Waals surface area contributed by atoms with Crippen LogP contribution in [0.15, 0.2) is 48.8 Å². The first-order valence-electron chi connectivity index (χ1n) is 8.04. The highest BCUT2D eigenvalue weighted by Crippen LogP contribution is 2.35. The van der Waals surface area contributed by atoms with Gasteiger partial charge in [0.15, 0.2) is 0 Å². The summed E-state index contributed by atoms with van der Waals surface area (Å²) in [6.45, 7) is 2.52. The molecule has 0 radical (unpaired) electrons. The molecule has 0 aliphatic rings. The first kappa shape index (κ1) is 18.9. The lowest BCUT2D eigenvalue weighted by atomic mass is 10.2. The smallest absolute Gasteiger partial charge is 0.354 e. The third kappa shape index (κ3) is 4.65. The standard InChI is InChI=1S/C18H15ClF3N5/c1-2-24-17-26-15(11-5-7-23-8-6-11)10-16(27-17)25-14-4-3-12(9-13(14)19)18(20,21)22/h3-10H,2H2,1H3,(H2,24,25,26,27). The number of pyridine rings is 1. The van der Waals surface area contributed by atoms with Crippen molar-refractivity contribution in [2.45, 2.75) is 13.1 Å². The fraction of sp³-hybridized carbons (Fsp3) is 0.167. The minimum Gasteiger partial charge on any atom is -0.354 e. The molecule has 0 fully saturated rings. The van der Waals surface area contributed by atoms with Crippen molar-refractivity contribution in [3.8, 4) is 11.3 Å². The van der Waals surface area contributed by atoms with E-state index in [-0.39, 0.29) is 5.02 Å². The van der Waals surface area contributed by atoms with Crippen LogP contribution in [0, 0.1) is 0 Å². The van der Waals surface area contributed by atoms with E-state index in [0.29, 0.717) is 29.7 Å². The summed E-state index contributed by atoms with van der Waals surface area (Å²) in [4.78, 5) is 12.7. The van der Waals surface area contributed by atoms with Gasteiger partial charge in [0.2, 0.25) is 5.95 Å². The van der Waals surface area contributed by atoms with Gasteiger partial charge in [0.05, 0.1) is 22.0 Å². The van der Waals surface area contributed by atoms with E-state index in [4.69, 9.17) is 11.6 Å². The van der Waals surface area contributed by atoms with Crippen LogP contribution in [-0.2, 0) is 6.18 Å². The van der Waals surface area contributed by atoms with Gasteiger partial charge in [-0.25, -0.2) is 4.98 Å². The maximum atomic E-state index is 12.8. The van der Waals surface area contributed by atoms with Crippen molar-refractivity contribution in [2.75, 3.05) is 17.2 Å². The Labute approximate surface area is 158 Å². The summed E-state index contributed by atoms with van der Waals surface area (Å²) < 4.78 is 38.4. The number of hydrogen-bond donors (Lipinski definition) is 2. The molecule has 0 aliphatic heterocycles. The van der Waals surface area contributed by atoms with Crippen LogP contribution in [0.4, 0.5) is 30.6 Å². The second kappa shape index (κ2) is 7.79. The summed E-state index contributed by atoms with van der Waals surface area (Å²) in [5.41, 5.74) is 0.958. The Hall–Kier alpha value is -2.87. The topological polar surface area (TPSA) is 62.7 Å². The van der Waals surface area contributed by atoms with Gasteiger partial charge in [0.1, 0.15) is 5.82 Å². The first-order chi connectivity index (χ1) is 12.9. The average Bonchev–Trinajstić information content (AvgIpc) is 2.63. The van der Waals surface area contributed by atoms with Gasteiger partial charge in [0.25, 0.3) is 0 Å². The molecular weight excluding hydrogens is 379 g/mol. The second-order valence-electron chi connectivity index (χ2n) is 5.55. The van der Waals surface area contributed by atoms with E-state index in [9.17, 15) is 13.2 Å². The monoisotopic (exact) mass is 393 g/mol. The average molecular weight is 394 g/mol. The maximum absolute atomic E-state index is 12.8. The van der Waals surface area contributed by atoms with Gasteiger partial charge in [-0.05, 0) is 37.3 Å². The van der Waals surface area contributed by atoms with Crippen LogP contribution in [0.1, 0.15) is 12.5 Å². The van der Waals surface area contributed by atoms with E-state index < -0.39 is 11.7 Å². The molecule has 27 heavy (non-hydrogen) atoms. The fourth-order valence-electron chi connectivity index (χ4n) is 2.35. The van der Waals surface area contributed by atoms with Crippen LogP contribution in [-0.4, -0.2) is 21.5 Å². The Kier molecular flexibility index (Phi) is 5.46. The van der Waals surface area contributed by atoms with Gasteiger partial charge in [-0.1, -0.05) is 11.6 Å². The third-order valence-corrected chi connectivity index (χ3v) is 3.91. The van der Waals surface area contributed by atoms with Crippen molar-refractivity contribution in [3.63, 3.8) is 0 Å². The molecular formula is C18H15ClF3N5. The molecule has 2 aromatic heterocycles. The summed E-state index contributed by atoms with van der Waals surface area (Å²) >= 11 is 6.01. The molecule has 0 saturated carbocycles. The van der Waals surface area contributed by atoms with Gasteiger partial charge < -0.3 is 10.6 Å². The summed E-state index contributed by atoms with van der Waals surface area (Å²) in [5, 5.41) is 5.93. The summed E-state index contributed by atoms with van der Waals surface area (Å²) in [6, 6.07) is 8.39. The Morgan fingerprint density at radius 2 is 1.78 bits per heavy atom. The zero-order valence-electron chi connectivity index (χ0n) is 14.2. The van der Waals surface area contributed by atoms with E-state index in [1.165, 1.54) is 6.07 Å². The summed E-state index contributed by atoms with van der Waals surface area (Å²) in [7, 11) is 0. The predicted octanol–water partition coefficient (Wildman–Crippen LogP) is 5.39. The minimum absolute atomic E-state index is 0.0566. The van der Waals surface area contributed by atoms with Crippen molar-refractivity contribution in [1.29, 1.82) is 0 Å². The molecule has 0 aliphatic carbocycles. The van der Waals surface area contributed by atoms with Gasteiger partial charge in [-0.15, -0.1) is 0 Å². The molecule has 2 heterocycles. The highest BCUT2D eigenvalue weighted by atomic mass is 35.5. The number of alkyl halides is 3. The molecule has 0 spiro atoms. The highest BCUT2D eigenvalue weighted by Gasteiger charge is 2.30. The van der Waals surface area contributed by atoms with E-state index in [1.54, 1.807) is 30.6 Å². The van der Waals surface area contributed by atoms with Crippen LogP contribution in [0.5, 0.6) is 0 Å². The summed E-state index contributed by atoms with van der Waals surface area (Å²) in [6.07, 6.45) is -1.17. The molecule has 5 nitrogen and oxygen atoms in total. The maximum Gasteiger partial charge on any atom is 0.416 e. The molecule has 3 rings (SSSR count). The minimum atomic E-state index is -4.45. The largest absolute Gasteiger partial charge is 0.416 e. The Balaban J connectivity index is 1.96. The van der Waals surface area contributed by atoms with E-state index in [2.05, 4.69) is 25.6 Å². The SMILES string of the molecule is CCNc1nc(Nc2ccc(C(F)(F)F)cc2Cl)cc(-c2ccncc2)n1. The van der Waals surface area contributed by atoms with Crippen molar-refractivity contribution in [3.05, 3.63) is 59.4 Å². The molecule has 3 aromatic rings. The molecule has 2 N–H and O–H groups in total. The van der Waals surface area contributed by atoms with Crippen molar-refractivity contribution >= 4 is 29.1 Å². The normalized spacial score (nSPS) is 11.3. The first-order valence-corrected chi connectivity index (χ1v) is 8.41. The molecule has 140 valence electrons. The van der Waals surface area contributed by atoms with E-state index >= 15 is 0 Å². The van der Waals surface area contributed by atoms with Crippen LogP contribution in [0.2, 0.25) is 5.02 Å². The molecule has 0 amide bonds. The van der Waals surface area contributed by atoms with Gasteiger partial charge in [0, 0.05) is 30.6 Å². The highest BCUT2D eigenvalue weighted by molar-refractivity contribution is 6.33. The lowest BCUT2D eigenvalue weighted by molar-refractivity contribution is -0.137. The van der Waals surface area contributed by atoms with Crippen LogP contribution in [0.3, 0.4) is 0 Å². The number of aromatic nitrogens is 3. The molecule has 1 aromatic carbocycles. The number of halogens is 4. The van der Waals surface area contributed by atoms with Crippen molar-refractivity contribution < 1.29 is 13.2 Å². The molecule has 0 bridgehead atoms. The Bertz CT molecular complexity index is 932. The fourth-order valence-corrected chi connectivity index (χ4v) is 2.58. The number of rotatable bonds is 5. The van der Waals surface area contributed by atoms with Crippen molar-refractivity contribution in [1.82, 2.24) is 15.0 Å². The quantitative estimate of drug-likeness (QED) is 0.608. The third-order valence-electron chi connectivity index (χ3n) is 3.60. The number of anilines is 3. The van der Waals surface area contributed by atoms with Crippen LogP contribution >= 0.6 is 11.6 Å². The molecule has 0 unspecified atom stereocenters. The lowest BCUT2D eigenvalue weighted by Gasteiger charge is -2.13. The number of benzene rings is 1. The summed E-state index contributed by atoms with van der Waals surface area (Å²) in [5.74, 6) is 0.784. The van der Waals surface area contributed by atoms with Gasteiger partial charge in [-0.3, -0.25) is 4.98 Å². The molecule has 9 heteroatoms. The number of nitrogens with zero attached hydrogens (tertiary/aromatic N) is 3. The predicted molar refractivity (Wildman–Crippen MR) is 99.2 cm³/mol. The van der Waals surface area contributed by atoms with E-state index in [0.717, 1.165) is 17.7 Å². The molecule has 0 atom stereocenters. The van der Waals surface area contributed by atoms with Crippen LogP contribution < -0.4 is 10.6 Å². The Morgan fingerprint density at radius 1 is 1.04 bits per heavy atom. The molecule has 0 saturated heterocycles. The van der Waals surface area contributed by atoms with Crippen molar-refractivity contribution in [2.24, 2.45) is 0 Å². The van der Waals surface area contributed by atoms with Crippen LogP contribution in [0.25, 0.3) is 11.3 Å².